The summed E-state index contributed by atoms with van der Waals surface area (Å²) in [5, 5.41) is 16.1. The van der Waals surface area contributed by atoms with Gasteiger partial charge in [0.25, 0.3) is 5.91 Å². The number of aromatic nitrogens is 1. The molecular weight excluding hydrogens is 272 g/mol. The van der Waals surface area contributed by atoms with Gasteiger partial charge in [0.1, 0.15) is 6.61 Å². The second-order valence-electron chi connectivity index (χ2n) is 4.92. The van der Waals surface area contributed by atoms with Crippen LogP contribution >= 0.6 is 0 Å². The summed E-state index contributed by atoms with van der Waals surface area (Å²) in [6.07, 6.45) is 0. The summed E-state index contributed by atoms with van der Waals surface area (Å²) in [6.45, 7) is 1.76. The molecule has 6 nitrogen and oxygen atoms in total. The highest BCUT2D eigenvalue weighted by Gasteiger charge is 2.29. The molecule has 6 heteroatoms. The third kappa shape index (κ3) is 3.48. The maximum Gasteiger partial charge on any atom is 0.274 e. The molecule has 2 rings (SSSR count). The fraction of sp³-hybridized carbons (Fsp3) is 0.333. The third-order valence-corrected chi connectivity index (χ3v) is 3.19. The SMILES string of the molecule is COCc1cc(C(=O)NC(C)(CO)c2ccccc2)no1. The fourth-order valence-corrected chi connectivity index (χ4v) is 1.95. The Hall–Kier alpha value is -2.18. The summed E-state index contributed by atoms with van der Waals surface area (Å²) in [4.78, 5) is 12.2. The van der Waals surface area contributed by atoms with Crippen LogP contribution in [0.1, 0.15) is 28.7 Å². The fourth-order valence-electron chi connectivity index (χ4n) is 1.95. The average molecular weight is 290 g/mol. The number of nitrogens with zero attached hydrogens (tertiary/aromatic N) is 1. The molecule has 21 heavy (non-hydrogen) atoms. The molecule has 0 bridgehead atoms. The first kappa shape index (κ1) is 15.2. The van der Waals surface area contributed by atoms with Gasteiger partial charge in [0.2, 0.25) is 0 Å². The lowest BCUT2D eigenvalue weighted by atomic mass is 9.93. The number of aliphatic hydroxyl groups is 1. The zero-order valence-electron chi connectivity index (χ0n) is 12.0. The van der Waals surface area contributed by atoms with Crippen LogP contribution < -0.4 is 5.32 Å². The van der Waals surface area contributed by atoms with Crippen LogP contribution in [0.15, 0.2) is 40.9 Å². The van der Waals surface area contributed by atoms with Crippen molar-refractivity contribution < 1.29 is 19.2 Å². The number of ether oxygens (including phenoxy) is 1. The predicted octanol–water partition coefficient (Wildman–Crippen LogP) is 1.46. The summed E-state index contributed by atoms with van der Waals surface area (Å²) in [6, 6.07) is 10.8. The molecular formula is C15H18N2O4. The van der Waals surface area contributed by atoms with Crippen molar-refractivity contribution in [2.45, 2.75) is 19.1 Å². The van der Waals surface area contributed by atoms with E-state index in [2.05, 4.69) is 10.5 Å². The normalized spacial score (nSPS) is 13.7. The Labute approximate surface area is 122 Å². The Kier molecular flexibility index (Phi) is 4.72. The number of methoxy groups -OCH3 is 1. The molecule has 1 atom stereocenters. The van der Waals surface area contributed by atoms with Crippen LogP contribution in [0.2, 0.25) is 0 Å². The van der Waals surface area contributed by atoms with Gasteiger partial charge in [-0.05, 0) is 12.5 Å². The summed E-state index contributed by atoms with van der Waals surface area (Å²) < 4.78 is 9.89. The minimum Gasteiger partial charge on any atom is -0.394 e. The van der Waals surface area contributed by atoms with Crippen LogP contribution in [0.3, 0.4) is 0 Å². The number of hydrogen-bond acceptors (Lipinski definition) is 5. The highest BCUT2D eigenvalue weighted by atomic mass is 16.5. The zero-order chi connectivity index (χ0) is 15.3. The average Bonchev–Trinajstić information content (AvgIpc) is 2.97. The summed E-state index contributed by atoms with van der Waals surface area (Å²) >= 11 is 0. The first-order valence-corrected chi connectivity index (χ1v) is 6.52. The van der Waals surface area contributed by atoms with Gasteiger partial charge < -0.3 is 19.7 Å². The number of amides is 1. The highest BCUT2D eigenvalue weighted by Crippen LogP contribution is 2.20. The number of carbonyl (C=O) groups is 1. The lowest BCUT2D eigenvalue weighted by molar-refractivity contribution is 0.0840. The molecule has 0 saturated carbocycles. The zero-order valence-corrected chi connectivity index (χ0v) is 12.0. The van der Waals surface area contributed by atoms with Crippen molar-refractivity contribution in [3.05, 3.63) is 53.4 Å². The van der Waals surface area contributed by atoms with Crippen molar-refractivity contribution in [3.63, 3.8) is 0 Å². The van der Waals surface area contributed by atoms with E-state index in [0.29, 0.717) is 5.76 Å². The molecule has 0 aliphatic heterocycles. The molecule has 0 fully saturated rings. The first-order valence-electron chi connectivity index (χ1n) is 6.52. The van der Waals surface area contributed by atoms with Crippen molar-refractivity contribution in [2.24, 2.45) is 0 Å². The van der Waals surface area contributed by atoms with Crippen molar-refractivity contribution in [2.75, 3.05) is 13.7 Å². The smallest absolute Gasteiger partial charge is 0.274 e. The van der Waals surface area contributed by atoms with E-state index >= 15 is 0 Å². The van der Waals surface area contributed by atoms with E-state index in [9.17, 15) is 9.90 Å². The number of hydrogen-bond donors (Lipinski definition) is 2. The van der Waals surface area contributed by atoms with Gasteiger partial charge in [0, 0.05) is 13.2 Å². The molecule has 112 valence electrons. The molecule has 0 radical (unpaired) electrons. The van der Waals surface area contributed by atoms with E-state index in [1.807, 2.05) is 30.3 Å². The Morgan fingerprint density at radius 2 is 2.14 bits per heavy atom. The van der Waals surface area contributed by atoms with Gasteiger partial charge in [0.05, 0.1) is 12.1 Å². The van der Waals surface area contributed by atoms with Crippen molar-refractivity contribution in [1.29, 1.82) is 0 Å². The van der Waals surface area contributed by atoms with Gasteiger partial charge in [-0.15, -0.1) is 0 Å². The lowest BCUT2D eigenvalue weighted by Gasteiger charge is -2.28. The molecule has 2 N–H and O–H groups in total. The Morgan fingerprint density at radius 3 is 2.76 bits per heavy atom. The highest BCUT2D eigenvalue weighted by molar-refractivity contribution is 5.92. The molecule has 1 aromatic carbocycles. The maximum atomic E-state index is 12.2. The van der Waals surface area contributed by atoms with E-state index in [-0.39, 0.29) is 18.9 Å². The Bertz CT molecular complexity index is 597. The minimum absolute atomic E-state index is 0.151. The number of nitrogens with one attached hydrogen (secondary N) is 1. The summed E-state index contributed by atoms with van der Waals surface area (Å²) in [5.41, 5.74) is 0.0673. The third-order valence-electron chi connectivity index (χ3n) is 3.19. The quantitative estimate of drug-likeness (QED) is 0.841. The van der Waals surface area contributed by atoms with Crippen molar-refractivity contribution >= 4 is 5.91 Å². The van der Waals surface area contributed by atoms with Gasteiger partial charge in [-0.3, -0.25) is 4.79 Å². The van der Waals surface area contributed by atoms with Crippen LogP contribution in [-0.4, -0.2) is 29.9 Å². The van der Waals surface area contributed by atoms with E-state index < -0.39 is 11.4 Å². The van der Waals surface area contributed by atoms with E-state index in [4.69, 9.17) is 9.26 Å². The molecule has 1 aromatic heterocycles. The Morgan fingerprint density at radius 1 is 1.43 bits per heavy atom. The molecule has 1 unspecified atom stereocenters. The molecule has 0 spiro atoms. The first-order chi connectivity index (χ1) is 10.1. The standard InChI is InChI=1S/C15H18N2O4/c1-15(10-18,11-6-4-3-5-7-11)16-14(19)13-8-12(9-20-2)21-17-13/h3-8,18H,9-10H2,1-2H3,(H,16,19). The summed E-state index contributed by atoms with van der Waals surface area (Å²) in [7, 11) is 1.53. The van der Waals surface area contributed by atoms with Gasteiger partial charge in [0.15, 0.2) is 11.5 Å². The minimum atomic E-state index is -0.890. The van der Waals surface area contributed by atoms with Gasteiger partial charge in [-0.2, -0.15) is 0 Å². The van der Waals surface area contributed by atoms with Crippen LogP contribution in [-0.2, 0) is 16.9 Å². The second-order valence-corrected chi connectivity index (χ2v) is 4.92. The number of rotatable bonds is 6. The van der Waals surface area contributed by atoms with Gasteiger partial charge in [-0.25, -0.2) is 0 Å². The number of benzene rings is 1. The summed E-state index contributed by atoms with van der Waals surface area (Å²) in [5.74, 6) is 0.0505. The monoisotopic (exact) mass is 290 g/mol. The van der Waals surface area contributed by atoms with E-state index in [1.54, 1.807) is 6.92 Å². The second kappa shape index (κ2) is 6.51. The molecule has 0 saturated heterocycles. The van der Waals surface area contributed by atoms with Crippen LogP contribution in [0, 0.1) is 0 Å². The number of aliphatic hydroxyl groups excluding tert-OH is 1. The maximum absolute atomic E-state index is 12.2. The van der Waals surface area contributed by atoms with Gasteiger partial charge >= 0.3 is 0 Å². The van der Waals surface area contributed by atoms with E-state index in [1.165, 1.54) is 13.2 Å². The molecule has 1 amide bonds. The van der Waals surface area contributed by atoms with Crippen LogP contribution in [0.5, 0.6) is 0 Å². The van der Waals surface area contributed by atoms with Crippen molar-refractivity contribution in [1.82, 2.24) is 10.5 Å². The molecule has 0 aliphatic carbocycles. The predicted molar refractivity (Wildman–Crippen MR) is 75.6 cm³/mol. The Balaban J connectivity index is 2.15. The van der Waals surface area contributed by atoms with Crippen LogP contribution in [0.4, 0.5) is 0 Å². The van der Waals surface area contributed by atoms with Gasteiger partial charge in [-0.1, -0.05) is 35.5 Å². The number of carbonyl (C=O) groups excluding carboxylic acids is 1. The largest absolute Gasteiger partial charge is 0.394 e. The van der Waals surface area contributed by atoms with E-state index in [0.717, 1.165) is 5.56 Å². The van der Waals surface area contributed by atoms with Crippen LogP contribution in [0.25, 0.3) is 0 Å². The van der Waals surface area contributed by atoms with Crippen molar-refractivity contribution in [3.8, 4) is 0 Å². The topological polar surface area (TPSA) is 84.6 Å². The molecule has 1 heterocycles. The molecule has 0 aliphatic rings. The lowest BCUT2D eigenvalue weighted by Crippen LogP contribution is -2.46. The molecule has 2 aromatic rings.